The summed E-state index contributed by atoms with van der Waals surface area (Å²) in [6.07, 6.45) is 4.17. The van der Waals surface area contributed by atoms with Crippen molar-refractivity contribution in [1.82, 2.24) is 0 Å². The van der Waals surface area contributed by atoms with Gasteiger partial charge in [0.15, 0.2) is 0 Å². The molecule has 0 saturated carbocycles. The van der Waals surface area contributed by atoms with Gasteiger partial charge in [0, 0.05) is 0 Å². The van der Waals surface area contributed by atoms with Crippen molar-refractivity contribution in [3.63, 3.8) is 0 Å². The molecule has 0 fully saturated rings. The Morgan fingerprint density at radius 1 is 1.36 bits per heavy atom. The van der Waals surface area contributed by atoms with Crippen molar-refractivity contribution in [3.8, 4) is 6.07 Å². The second kappa shape index (κ2) is 5.44. The van der Waals surface area contributed by atoms with Gasteiger partial charge in [0.2, 0.25) is 0 Å². The summed E-state index contributed by atoms with van der Waals surface area (Å²) in [4.78, 5) is 0. The number of hydrogen-bond donors (Lipinski definition) is 0. The Morgan fingerprint density at radius 2 is 2.14 bits per heavy atom. The molecule has 0 amide bonds. The molecule has 0 spiro atoms. The van der Waals surface area contributed by atoms with Crippen molar-refractivity contribution in [2.24, 2.45) is 0 Å². The number of aryl methyl sites for hydroxylation is 2. The van der Waals surface area contributed by atoms with Crippen LogP contribution in [-0.2, 0) is 12.8 Å². The van der Waals surface area contributed by atoms with E-state index in [0.29, 0.717) is 6.42 Å². The Kier molecular flexibility index (Phi) is 4.19. The van der Waals surface area contributed by atoms with E-state index >= 15 is 0 Å². The minimum Gasteiger partial charge on any atom is -0.198 e. The molecule has 74 valence electrons. The van der Waals surface area contributed by atoms with E-state index in [-0.39, 0.29) is 0 Å². The largest absolute Gasteiger partial charge is 0.198 e. The van der Waals surface area contributed by atoms with E-state index in [1.165, 1.54) is 24.0 Å². The third kappa shape index (κ3) is 2.88. The molecule has 1 rings (SSSR count). The maximum atomic E-state index is 8.60. The first-order valence-corrected chi connectivity index (χ1v) is 5.23. The maximum absolute atomic E-state index is 8.60. The Balaban J connectivity index is 2.74. The number of benzene rings is 1. The lowest BCUT2D eigenvalue weighted by molar-refractivity contribution is 0.794. The molecule has 0 aliphatic carbocycles. The monoisotopic (exact) mass is 187 g/mol. The smallest absolute Gasteiger partial charge is 0.0669 e. The lowest BCUT2D eigenvalue weighted by Gasteiger charge is -2.05. The van der Waals surface area contributed by atoms with Crippen LogP contribution in [-0.4, -0.2) is 0 Å². The van der Waals surface area contributed by atoms with Crippen molar-refractivity contribution >= 4 is 0 Å². The van der Waals surface area contributed by atoms with Gasteiger partial charge in [-0.25, -0.2) is 0 Å². The van der Waals surface area contributed by atoms with Crippen molar-refractivity contribution in [2.45, 2.75) is 39.5 Å². The Bertz CT molecular complexity index is 334. The molecule has 0 unspecified atom stereocenters. The average molecular weight is 187 g/mol. The number of unbranched alkanes of at least 4 members (excludes halogenated alkanes) is 1. The number of nitriles is 1. The van der Waals surface area contributed by atoms with Gasteiger partial charge in [-0.15, -0.1) is 0 Å². The minimum atomic E-state index is 0.528. The zero-order chi connectivity index (χ0) is 10.4. The molecular formula is C13H17N. The zero-order valence-corrected chi connectivity index (χ0v) is 9.01. The van der Waals surface area contributed by atoms with Crippen LogP contribution in [0.2, 0.25) is 0 Å². The lowest BCUT2D eigenvalue weighted by Crippen LogP contribution is -1.91. The molecule has 0 atom stereocenters. The van der Waals surface area contributed by atoms with E-state index in [1.807, 2.05) is 0 Å². The van der Waals surface area contributed by atoms with Crippen molar-refractivity contribution < 1.29 is 0 Å². The first kappa shape index (κ1) is 10.8. The second-order valence-electron chi connectivity index (χ2n) is 3.70. The quantitative estimate of drug-likeness (QED) is 0.708. The highest BCUT2D eigenvalue weighted by Gasteiger charge is 1.99. The van der Waals surface area contributed by atoms with Gasteiger partial charge in [-0.05, 0) is 36.5 Å². The fourth-order valence-corrected chi connectivity index (χ4v) is 1.58. The molecule has 1 aromatic carbocycles. The van der Waals surface area contributed by atoms with Gasteiger partial charge in [0.1, 0.15) is 0 Å². The molecule has 0 radical (unpaired) electrons. The summed E-state index contributed by atoms with van der Waals surface area (Å²) in [7, 11) is 0. The van der Waals surface area contributed by atoms with Crippen molar-refractivity contribution in [1.29, 1.82) is 5.26 Å². The Hall–Kier alpha value is -1.29. The third-order valence-corrected chi connectivity index (χ3v) is 2.50. The summed E-state index contributed by atoms with van der Waals surface area (Å²) in [5.74, 6) is 0. The molecule has 14 heavy (non-hydrogen) atoms. The molecule has 1 aromatic rings. The minimum absolute atomic E-state index is 0.528. The normalized spacial score (nSPS) is 9.79. The molecule has 0 bridgehead atoms. The molecule has 0 aromatic heterocycles. The first-order valence-electron chi connectivity index (χ1n) is 5.23. The van der Waals surface area contributed by atoms with Crippen LogP contribution in [0.3, 0.4) is 0 Å². The highest BCUT2D eigenvalue weighted by molar-refractivity contribution is 5.32. The van der Waals surface area contributed by atoms with E-state index < -0.39 is 0 Å². The molecule has 0 heterocycles. The number of nitrogens with zero attached hydrogens (tertiary/aromatic N) is 1. The van der Waals surface area contributed by atoms with Gasteiger partial charge in [-0.2, -0.15) is 5.26 Å². The van der Waals surface area contributed by atoms with Crippen molar-refractivity contribution in [3.05, 3.63) is 34.9 Å². The van der Waals surface area contributed by atoms with Gasteiger partial charge < -0.3 is 0 Å². The van der Waals surface area contributed by atoms with Gasteiger partial charge in [0.25, 0.3) is 0 Å². The van der Waals surface area contributed by atoms with Crippen LogP contribution < -0.4 is 0 Å². The summed E-state index contributed by atoms with van der Waals surface area (Å²) in [5.41, 5.74) is 3.80. The predicted molar refractivity (Wildman–Crippen MR) is 59.1 cm³/mol. The van der Waals surface area contributed by atoms with Crippen LogP contribution in [0.15, 0.2) is 18.2 Å². The van der Waals surface area contributed by atoms with Crippen LogP contribution in [0.4, 0.5) is 0 Å². The van der Waals surface area contributed by atoms with Crippen LogP contribution in [0.5, 0.6) is 0 Å². The highest BCUT2D eigenvalue weighted by atomic mass is 14.2. The zero-order valence-electron chi connectivity index (χ0n) is 9.01. The Morgan fingerprint density at radius 3 is 2.71 bits per heavy atom. The van der Waals surface area contributed by atoms with Gasteiger partial charge in [-0.3, -0.25) is 0 Å². The predicted octanol–water partition coefficient (Wildman–Crippen LogP) is 3.40. The molecule has 1 heteroatoms. The lowest BCUT2D eigenvalue weighted by atomic mass is 10.0. The fourth-order valence-electron chi connectivity index (χ4n) is 1.58. The SMILES string of the molecule is CCCCc1ccc(CC#N)c(C)c1. The Labute approximate surface area is 86.4 Å². The first-order chi connectivity index (χ1) is 6.77. The molecule has 0 saturated heterocycles. The molecule has 1 nitrogen and oxygen atoms in total. The fraction of sp³-hybridized carbons (Fsp3) is 0.462. The van der Waals surface area contributed by atoms with E-state index in [2.05, 4.69) is 38.1 Å². The maximum Gasteiger partial charge on any atom is 0.0669 e. The summed E-state index contributed by atoms with van der Waals surface area (Å²) < 4.78 is 0. The summed E-state index contributed by atoms with van der Waals surface area (Å²) in [6, 6.07) is 8.63. The summed E-state index contributed by atoms with van der Waals surface area (Å²) in [5, 5.41) is 8.60. The summed E-state index contributed by atoms with van der Waals surface area (Å²) in [6.45, 7) is 4.29. The van der Waals surface area contributed by atoms with E-state index in [0.717, 1.165) is 12.0 Å². The standard InChI is InChI=1S/C13H17N/c1-3-4-5-12-6-7-13(8-9-14)11(2)10-12/h6-7,10H,3-5,8H2,1-2H3. The van der Waals surface area contributed by atoms with Crippen LogP contribution in [0.1, 0.15) is 36.5 Å². The number of hydrogen-bond acceptors (Lipinski definition) is 1. The molecule has 0 aliphatic heterocycles. The van der Waals surface area contributed by atoms with E-state index in [4.69, 9.17) is 5.26 Å². The van der Waals surface area contributed by atoms with E-state index in [9.17, 15) is 0 Å². The molecule has 0 N–H and O–H groups in total. The topological polar surface area (TPSA) is 23.8 Å². The van der Waals surface area contributed by atoms with Crippen LogP contribution in [0.25, 0.3) is 0 Å². The van der Waals surface area contributed by atoms with Gasteiger partial charge >= 0.3 is 0 Å². The second-order valence-corrected chi connectivity index (χ2v) is 3.70. The average Bonchev–Trinajstić information content (AvgIpc) is 2.19. The van der Waals surface area contributed by atoms with Gasteiger partial charge in [0.05, 0.1) is 12.5 Å². The third-order valence-electron chi connectivity index (χ3n) is 2.50. The van der Waals surface area contributed by atoms with Crippen molar-refractivity contribution in [2.75, 3.05) is 0 Å². The van der Waals surface area contributed by atoms with Crippen LogP contribution >= 0.6 is 0 Å². The highest BCUT2D eigenvalue weighted by Crippen LogP contribution is 2.13. The van der Waals surface area contributed by atoms with Crippen LogP contribution in [0, 0.1) is 18.3 Å². The summed E-state index contributed by atoms with van der Waals surface area (Å²) >= 11 is 0. The van der Waals surface area contributed by atoms with E-state index in [1.54, 1.807) is 0 Å². The van der Waals surface area contributed by atoms with Gasteiger partial charge in [-0.1, -0.05) is 31.5 Å². The molecule has 0 aliphatic rings. The number of rotatable bonds is 4. The molecular weight excluding hydrogens is 170 g/mol.